The number of pyridine rings is 2. The molecule has 1 aliphatic carbocycles. The maximum absolute atomic E-state index is 14.4. The predicted molar refractivity (Wildman–Crippen MR) is 116 cm³/mol. The molecule has 7 nitrogen and oxygen atoms in total. The summed E-state index contributed by atoms with van der Waals surface area (Å²) in [5, 5.41) is 5.66. The van der Waals surface area contributed by atoms with E-state index in [4.69, 9.17) is 4.84 Å². The van der Waals surface area contributed by atoms with Crippen molar-refractivity contribution in [3.05, 3.63) is 58.8 Å². The first-order valence-electron chi connectivity index (χ1n) is 11.5. The third-order valence-electron chi connectivity index (χ3n) is 6.82. The summed E-state index contributed by atoms with van der Waals surface area (Å²) in [4.78, 5) is 27.1. The fourth-order valence-corrected chi connectivity index (χ4v) is 5.04. The van der Waals surface area contributed by atoms with E-state index in [0.717, 1.165) is 37.7 Å². The molecule has 1 amide bonds. The van der Waals surface area contributed by atoms with Crippen molar-refractivity contribution in [2.45, 2.75) is 58.4 Å². The summed E-state index contributed by atoms with van der Waals surface area (Å²) in [7, 11) is 0. The Labute approximate surface area is 190 Å². The molecule has 3 aromatic heterocycles. The second kappa shape index (κ2) is 8.78. The van der Waals surface area contributed by atoms with Gasteiger partial charge < -0.3 is 0 Å². The van der Waals surface area contributed by atoms with Gasteiger partial charge in [0.05, 0.1) is 18.3 Å². The fourth-order valence-electron chi connectivity index (χ4n) is 5.04. The van der Waals surface area contributed by atoms with Crippen molar-refractivity contribution in [2.24, 2.45) is 11.8 Å². The van der Waals surface area contributed by atoms with Crippen LogP contribution in [0.5, 0.6) is 0 Å². The molecule has 5 rings (SSSR count). The quantitative estimate of drug-likeness (QED) is 0.587. The molecular formula is C24H27F2N5O2. The average molecular weight is 456 g/mol. The van der Waals surface area contributed by atoms with Gasteiger partial charge >= 0.3 is 0 Å². The summed E-state index contributed by atoms with van der Waals surface area (Å²) in [6.07, 6.45) is 8.10. The minimum absolute atomic E-state index is 0.0394. The number of nitrogens with zero attached hydrogens (tertiary/aromatic N) is 5. The molecule has 174 valence electrons. The van der Waals surface area contributed by atoms with E-state index in [1.807, 2.05) is 6.20 Å². The van der Waals surface area contributed by atoms with Crippen molar-refractivity contribution in [1.29, 1.82) is 0 Å². The number of carbonyl (C=O) groups excluding carboxylic acids is 1. The highest BCUT2D eigenvalue weighted by Gasteiger charge is 2.37. The third-order valence-corrected chi connectivity index (χ3v) is 6.82. The highest BCUT2D eigenvalue weighted by atomic mass is 19.1. The molecule has 1 atom stereocenters. The molecule has 0 N–H and O–H groups in total. The average Bonchev–Trinajstić information content (AvgIpc) is 3.42. The Kier molecular flexibility index (Phi) is 5.82. The van der Waals surface area contributed by atoms with Crippen LogP contribution in [-0.2, 0) is 16.1 Å². The molecule has 0 spiro atoms. The van der Waals surface area contributed by atoms with E-state index in [-0.39, 0.29) is 35.1 Å². The van der Waals surface area contributed by atoms with E-state index in [9.17, 15) is 13.6 Å². The van der Waals surface area contributed by atoms with Gasteiger partial charge in [-0.25, -0.2) is 23.3 Å². The molecule has 2 aliphatic rings. The van der Waals surface area contributed by atoms with E-state index in [0.29, 0.717) is 36.0 Å². The van der Waals surface area contributed by atoms with Gasteiger partial charge in [0.1, 0.15) is 11.6 Å². The zero-order chi connectivity index (χ0) is 23.1. The summed E-state index contributed by atoms with van der Waals surface area (Å²) in [6, 6.07) is 2.68. The highest BCUT2D eigenvalue weighted by molar-refractivity contribution is 5.78. The summed E-state index contributed by atoms with van der Waals surface area (Å²) in [6.45, 7) is 3.78. The van der Waals surface area contributed by atoms with Crippen molar-refractivity contribution in [3.8, 4) is 0 Å². The van der Waals surface area contributed by atoms with E-state index >= 15 is 0 Å². The second-order valence-electron chi connectivity index (χ2n) is 9.18. The number of hydrogen-bond acceptors (Lipinski definition) is 5. The van der Waals surface area contributed by atoms with Crippen molar-refractivity contribution in [3.63, 3.8) is 0 Å². The first-order chi connectivity index (χ1) is 15.9. The Morgan fingerprint density at radius 3 is 2.67 bits per heavy atom. The molecule has 2 fully saturated rings. The van der Waals surface area contributed by atoms with Crippen LogP contribution in [0.15, 0.2) is 24.5 Å². The Morgan fingerprint density at radius 2 is 1.91 bits per heavy atom. The van der Waals surface area contributed by atoms with Gasteiger partial charge in [-0.15, -0.1) is 0 Å². The van der Waals surface area contributed by atoms with Gasteiger partial charge in [0, 0.05) is 24.7 Å². The topological polar surface area (TPSA) is 72.6 Å². The van der Waals surface area contributed by atoms with Crippen molar-refractivity contribution >= 4 is 11.6 Å². The molecule has 33 heavy (non-hydrogen) atoms. The zero-order valence-electron chi connectivity index (χ0n) is 18.8. The number of rotatable bonds is 4. The lowest BCUT2D eigenvalue weighted by Crippen LogP contribution is -2.36. The minimum Gasteiger partial charge on any atom is -0.272 e. The van der Waals surface area contributed by atoms with Crippen LogP contribution in [0.25, 0.3) is 5.65 Å². The Balaban J connectivity index is 1.21. The van der Waals surface area contributed by atoms with Crippen LogP contribution in [0.1, 0.15) is 60.8 Å². The van der Waals surface area contributed by atoms with Crippen LogP contribution in [0.2, 0.25) is 0 Å². The summed E-state index contributed by atoms with van der Waals surface area (Å²) < 4.78 is 29.9. The van der Waals surface area contributed by atoms with Crippen molar-refractivity contribution in [2.75, 3.05) is 6.61 Å². The smallest absolute Gasteiger partial charge is 0.249 e. The van der Waals surface area contributed by atoms with Crippen LogP contribution in [-0.4, -0.2) is 37.2 Å². The van der Waals surface area contributed by atoms with Crippen LogP contribution in [0, 0.1) is 37.3 Å². The third kappa shape index (κ3) is 4.34. The molecular weight excluding hydrogens is 428 g/mol. The van der Waals surface area contributed by atoms with Crippen LogP contribution in [0.3, 0.4) is 0 Å². The molecule has 9 heteroatoms. The van der Waals surface area contributed by atoms with Gasteiger partial charge in [-0.1, -0.05) is 0 Å². The molecule has 4 heterocycles. The molecule has 0 radical (unpaired) electrons. The molecule has 1 saturated heterocycles. The number of aromatic nitrogens is 4. The SMILES string of the molecule is Cc1nc2c(F)cc(CC3CCC(C(=O)N4OCC[C@H]4c4cnc(C)c(F)c4)CC3)cn2n1. The van der Waals surface area contributed by atoms with E-state index in [1.165, 1.54) is 21.7 Å². The molecule has 0 bridgehead atoms. The maximum atomic E-state index is 14.4. The lowest BCUT2D eigenvalue weighted by atomic mass is 9.79. The largest absolute Gasteiger partial charge is 0.272 e. The Morgan fingerprint density at radius 1 is 1.12 bits per heavy atom. The number of hydrogen-bond donors (Lipinski definition) is 0. The van der Waals surface area contributed by atoms with Crippen LogP contribution >= 0.6 is 0 Å². The minimum atomic E-state index is -0.372. The standard InChI is InChI=1S/C24H27F2N5O2/c1-14-20(25)11-19(12-27-14)22-7-8-33-31(22)24(32)18-5-3-16(4-6-18)9-17-10-21(26)23-28-15(2)29-30(23)13-17/h10-13,16,18,22H,3-9H2,1-2H3/t16?,18?,22-/m0/s1. The summed E-state index contributed by atoms with van der Waals surface area (Å²) in [5.41, 5.74) is 2.14. The Bertz CT molecular complexity index is 1190. The molecule has 3 aromatic rings. The van der Waals surface area contributed by atoms with E-state index in [2.05, 4.69) is 15.1 Å². The number of halogens is 2. The number of carbonyl (C=O) groups is 1. The first kappa shape index (κ1) is 21.9. The monoisotopic (exact) mass is 455 g/mol. The predicted octanol–water partition coefficient (Wildman–Crippen LogP) is 4.27. The molecule has 0 aromatic carbocycles. The van der Waals surface area contributed by atoms with Gasteiger partial charge in [0.15, 0.2) is 11.5 Å². The van der Waals surface area contributed by atoms with E-state index in [1.54, 1.807) is 20.0 Å². The normalized spacial score (nSPS) is 23.4. The second-order valence-corrected chi connectivity index (χ2v) is 9.18. The number of fused-ring (bicyclic) bond motifs is 1. The number of amides is 1. The summed E-state index contributed by atoms with van der Waals surface area (Å²) in [5.74, 6) is 0.0156. The Hall–Kier alpha value is -2.94. The highest BCUT2D eigenvalue weighted by Crippen LogP contribution is 2.37. The number of hydroxylamine groups is 2. The van der Waals surface area contributed by atoms with Gasteiger partial charge in [0.2, 0.25) is 5.91 Å². The molecule has 1 saturated carbocycles. The van der Waals surface area contributed by atoms with Crippen molar-refractivity contribution in [1.82, 2.24) is 24.6 Å². The lowest BCUT2D eigenvalue weighted by Gasteiger charge is -2.32. The molecule has 1 aliphatic heterocycles. The van der Waals surface area contributed by atoms with E-state index < -0.39 is 0 Å². The molecule has 0 unspecified atom stereocenters. The first-order valence-corrected chi connectivity index (χ1v) is 11.5. The van der Waals surface area contributed by atoms with Gasteiger partial charge in [-0.3, -0.25) is 14.6 Å². The van der Waals surface area contributed by atoms with Crippen LogP contribution in [0.4, 0.5) is 8.78 Å². The maximum Gasteiger partial charge on any atom is 0.249 e. The zero-order valence-corrected chi connectivity index (χ0v) is 18.8. The summed E-state index contributed by atoms with van der Waals surface area (Å²) >= 11 is 0. The van der Waals surface area contributed by atoms with Crippen molar-refractivity contribution < 1.29 is 18.4 Å². The van der Waals surface area contributed by atoms with Gasteiger partial charge in [-0.05, 0) is 75.1 Å². The van der Waals surface area contributed by atoms with Crippen LogP contribution < -0.4 is 0 Å². The number of aryl methyl sites for hydroxylation is 2. The lowest BCUT2D eigenvalue weighted by molar-refractivity contribution is -0.183. The van der Waals surface area contributed by atoms with Gasteiger partial charge in [0.25, 0.3) is 0 Å². The fraction of sp³-hybridized carbons (Fsp3) is 0.500. The van der Waals surface area contributed by atoms with Gasteiger partial charge in [-0.2, -0.15) is 5.10 Å².